The van der Waals surface area contributed by atoms with Gasteiger partial charge >= 0.3 is 0 Å². The van der Waals surface area contributed by atoms with E-state index in [2.05, 4.69) is 151 Å². The van der Waals surface area contributed by atoms with E-state index in [0.29, 0.717) is 0 Å². The zero-order valence-electron chi connectivity index (χ0n) is 19.5. The van der Waals surface area contributed by atoms with Crippen molar-refractivity contribution in [3.63, 3.8) is 0 Å². The van der Waals surface area contributed by atoms with Gasteiger partial charge in [0.1, 0.15) is 0 Å². The summed E-state index contributed by atoms with van der Waals surface area (Å²) in [5.74, 6) is 0. The summed E-state index contributed by atoms with van der Waals surface area (Å²) in [5, 5.41) is 3.57. The molecule has 0 amide bonds. The van der Waals surface area contributed by atoms with Gasteiger partial charge in [0, 0.05) is 16.9 Å². The largest absolute Gasteiger partial charge is 0.355 e. The van der Waals surface area contributed by atoms with Crippen LogP contribution in [0.1, 0.15) is 22.3 Å². The van der Waals surface area contributed by atoms with Gasteiger partial charge in [-0.05, 0) is 46.0 Å². The second-order valence-corrected chi connectivity index (χ2v) is 8.40. The minimum absolute atomic E-state index is 1.07. The van der Waals surface area contributed by atoms with E-state index in [9.17, 15) is 0 Å². The first kappa shape index (κ1) is 22.2. The molecule has 0 aromatic heterocycles. The third-order valence-electron chi connectivity index (χ3n) is 5.87. The van der Waals surface area contributed by atoms with Gasteiger partial charge in [0.15, 0.2) is 0 Å². The molecule has 0 saturated carbocycles. The zero-order chi connectivity index (χ0) is 23.7. The summed E-state index contributed by atoms with van der Waals surface area (Å²) in [6.07, 6.45) is 8.58. The lowest BCUT2D eigenvalue weighted by Crippen LogP contribution is -1.93. The lowest BCUT2D eigenvalue weighted by atomic mass is 10.0. The van der Waals surface area contributed by atoms with E-state index in [1.165, 1.54) is 33.4 Å². The fourth-order valence-corrected chi connectivity index (χ4v) is 3.96. The SMILES string of the molecule is C(=C\c1ccc(/C=C/c2ccc(Nc3ccccc3-c3ccccc3)cc2)cc1)/c1ccccc1. The van der Waals surface area contributed by atoms with Crippen LogP contribution in [0.3, 0.4) is 0 Å². The number of nitrogens with one attached hydrogen (secondary N) is 1. The number of anilines is 2. The van der Waals surface area contributed by atoms with Gasteiger partial charge in [-0.15, -0.1) is 0 Å². The van der Waals surface area contributed by atoms with Gasteiger partial charge in [-0.1, -0.05) is 140 Å². The second kappa shape index (κ2) is 11.0. The number of hydrogen-bond acceptors (Lipinski definition) is 1. The molecule has 0 aliphatic carbocycles. The number of hydrogen-bond donors (Lipinski definition) is 1. The van der Waals surface area contributed by atoms with Crippen molar-refractivity contribution >= 4 is 35.7 Å². The maximum absolute atomic E-state index is 3.57. The van der Waals surface area contributed by atoms with E-state index in [4.69, 9.17) is 0 Å². The predicted octanol–water partition coefficient (Wildman–Crippen LogP) is 9.44. The van der Waals surface area contributed by atoms with Crippen molar-refractivity contribution < 1.29 is 0 Å². The van der Waals surface area contributed by atoms with Crippen LogP contribution in [-0.2, 0) is 0 Å². The average molecular weight is 450 g/mol. The first-order chi connectivity index (χ1) is 17.3. The summed E-state index contributed by atoms with van der Waals surface area (Å²) in [4.78, 5) is 0. The molecule has 0 atom stereocenters. The summed E-state index contributed by atoms with van der Waals surface area (Å²) < 4.78 is 0. The van der Waals surface area contributed by atoms with Crippen molar-refractivity contribution in [2.75, 3.05) is 5.32 Å². The standard InChI is InChI=1S/C34H27N/c1-3-9-27(10-4-1)15-16-28-17-19-29(20-18-28)21-22-30-23-25-32(26-24-30)35-34-14-8-7-13-33(34)31-11-5-2-6-12-31/h1-26,35H/b16-15+,22-21+. The van der Waals surface area contributed by atoms with E-state index < -0.39 is 0 Å². The third kappa shape index (κ3) is 6.04. The van der Waals surface area contributed by atoms with Gasteiger partial charge < -0.3 is 5.32 Å². The Kier molecular flexibility index (Phi) is 6.97. The molecule has 0 radical (unpaired) electrons. The molecule has 1 heteroatoms. The molecule has 0 fully saturated rings. The summed E-state index contributed by atoms with van der Waals surface area (Å²) in [6, 6.07) is 46.4. The molecule has 0 aliphatic heterocycles. The van der Waals surface area contributed by atoms with Crippen LogP contribution in [0, 0.1) is 0 Å². The lowest BCUT2D eigenvalue weighted by molar-refractivity contribution is 1.52. The molecular formula is C34H27N. The summed E-state index contributed by atoms with van der Waals surface area (Å²) >= 11 is 0. The number of benzene rings is 5. The Morgan fingerprint density at radius 2 is 0.800 bits per heavy atom. The van der Waals surface area contributed by atoms with E-state index >= 15 is 0 Å². The topological polar surface area (TPSA) is 12.0 Å². The van der Waals surface area contributed by atoms with Gasteiger partial charge in [0.2, 0.25) is 0 Å². The molecule has 1 nitrogen and oxygen atoms in total. The van der Waals surface area contributed by atoms with Crippen molar-refractivity contribution in [3.8, 4) is 11.1 Å². The fourth-order valence-electron chi connectivity index (χ4n) is 3.96. The summed E-state index contributed by atoms with van der Waals surface area (Å²) in [7, 11) is 0. The highest BCUT2D eigenvalue weighted by Gasteiger charge is 2.04. The third-order valence-corrected chi connectivity index (χ3v) is 5.87. The fraction of sp³-hybridized carbons (Fsp3) is 0. The van der Waals surface area contributed by atoms with Crippen molar-refractivity contribution in [1.82, 2.24) is 0 Å². The van der Waals surface area contributed by atoms with Crippen molar-refractivity contribution in [2.45, 2.75) is 0 Å². The van der Waals surface area contributed by atoms with Crippen LogP contribution in [0.2, 0.25) is 0 Å². The van der Waals surface area contributed by atoms with Crippen LogP contribution in [0.25, 0.3) is 35.4 Å². The molecule has 0 aliphatic rings. The monoisotopic (exact) mass is 449 g/mol. The van der Waals surface area contributed by atoms with E-state index in [1.54, 1.807) is 0 Å². The highest BCUT2D eigenvalue weighted by Crippen LogP contribution is 2.30. The predicted molar refractivity (Wildman–Crippen MR) is 152 cm³/mol. The van der Waals surface area contributed by atoms with E-state index in [1.807, 2.05) is 12.1 Å². The maximum Gasteiger partial charge on any atom is 0.0463 e. The normalized spacial score (nSPS) is 11.2. The minimum atomic E-state index is 1.07. The lowest BCUT2D eigenvalue weighted by Gasteiger charge is -2.12. The Morgan fingerprint density at radius 1 is 0.371 bits per heavy atom. The first-order valence-corrected chi connectivity index (χ1v) is 11.9. The molecule has 0 heterocycles. The molecule has 5 aromatic rings. The van der Waals surface area contributed by atoms with E-state index in [-0.39, 0.29) is 0 Å². The van der Waals surface area contributed by atoms with Crippen LogP contribution in [-0.4, -0.2) is 0 Å². The molecule has 0 saturated heterocycles. The van der Waals surface area contributed by atoms with Crippen LogP contribution >= 0.6 is 0 Å². The first-order valence-electron chi connectivity index (χ1n) is 11.9. The zero-order valence-corrected chi connectivity index (χ0v) is 19.5. The van der Waals surface area contributed by atoms with Crippen LogP contribution in [0.15, 0.2) is 133 Å². The molecule has 35 heavy (non-hydrogen) atoms. The van der Waals surface area contributed by atoms with E-state index in [0.717, 1.165) is 11.4 Å². The van der Waals surface area contributed by atoms with Crippen molar-refractivity contribution in [2.24, 2.45) is 0 Å². The Hall–Kier alpha value is -4.62. The maximum atomic E-state index is 3.57. The average Bonchev–Trinajstić information content (AvgIpc) is 2.93. The minimum Gasteiger partial charge on any atom is -0.355 e. The molecule has 0 bridgehead atoms. The molecule has 5 aromatic carbocycles. The van der Waals surface area contributed by atoms with Gasteiger partial charge in [0.25, 0.3) is 0 Å². The van der Waals surface area contributed by atoms with Crippen molar-refractivity contribution in [3.05, 3.63) is 156 Å². The molecule has 0 unspecified atom stereocenters. The summed E-state index contributed by atoms with van der Waals surface area (Å²) in [6.45, 7) is 0. The Balaban J connectivity index is 1.23. The molecule has 168 valence electrons. The molecular weight excluding hydrogens is 422 g/mol. The second-order valence-electron chi connectivity index (χ2n) is 8.40. The highest BCUT2D eigenvalue weighted by molar-refractivity contribution is 5.81. The van der Waals surface area contributed by atoms with Gasteiger partial charge in [0.05, 0.1) is 0 Å². The number of para-hydroxylation sites is 1. The van der Waals surface area contributed by atoms with Crippen LogP contribution in [0.5, 0.6) is 0 Å². The molecule has 1 N–H and O–H groups in total. The number of rotatable bonds is 7. The van der Waals surface area contributed by atoms with Gasteiger partial charge in [-0.25, -0.2) is 0 Å². The molecule has 0 spiro atoms. The van der Waals surface area contributed by atoms with Crippen LogP contribution in [0.4, 0.5) is 11.4 Å². The highest BCUT2D eigenvalue weighted by atomic mass is 14.9. The van der Waals surface area contributed by atoms with Crippen LogP contribution < -0.4 is 5.32 Å². The van der Waals surface area contributed by atoms with Gasteiger partial charge in [-0.3, -0.25) is 0 Å². The molecule has 5 rings (SSSR count). The van der Waals surface area contributed by atoms with Crippen molar-refractivity contribution in [1.29, 1.82) is 0 Å². The Morgan fingerprint density at radius 3 is 1.37 bits per heavy atom. The summed E-state index contributed by atoms with van der Waals surface area (Å²) in [5.41, 5.74) is 9.32. The smallest absolute Gasteiger partial charge is 0.0463 e. The Bertz CT molecular complexity index is 1410. The quantitative estimate of drug-likeness (QED) is 0.244. The Labute approximate surface area is 207 Å². The van der Waals surface area contributed by atoms with Gasteiger partial charge in [-0.2, -0.15) is 0 Å².